The molecule has 1 aromatic carbocycles. The third-order valence-corrected chi connectivity index (χ3v) is 3.22. The van der Waals surface area contributed by atoms with E-state index in [0.717, 1.165) is 17.8 Å². The maximum absolute atomic E-state index is 11.7. The van der Waals surface area contributed by atoms with Gasteiger partial charge in [-0.25, -0.2) is 0 Å². The monoisotopic (exact) mass is 247 g/mol. The van der Waals surface area contributed by atoms with Crippen LogP contribution < -0.4 is 4.90 Å². The number of carbonyl (C=O) groups is 1. The summed E-state index contributed by atoms with van der Waals surface area (Å²) in [5.41, 5.74) is 1.92. The average Bonchev–Trinajstić information content (AvgIpc) is 2.34. The predicted octanol–water partition coefficient (Wildman–Crippen LogP) is 4.29. The molecule has 2 heteroatoms. The number of Topliss-reactive ketones (excluding diaryl/α,β-unsaturated/α-hetero) is 1. The zero-order valence-corrected chi connectivity index (χ0v) is 12.1. The summed E-state index contributed by atoms with van der Waals surface area (Å²) in [4.78, 5) is 14.0. The molecule has 0 spiro atoms. The van der Waals surface area contributed by atoms with Gasteiger partial charge in [-0.15, -0.1) is 0 Å². The van der Waals surface area contributed by atoms with Crippen LogP contribution in [-0.4, -0.2) is 18.4 Å². The Bertz CT molecular complexity index is 384. The second kappa shape index (κ2) is 7.20. The third kappa shape index (κ3) is 3.86. The Balaban J connectivity index is 2.94. The van der Waals surface area contributed by atoms with Crippen LogP contribution in [0.3, 0.4) is 0 Å². The van der Waals surface area contributed by atoms with E-state index in [1.165, 1.54) is 19.3 Å². The van der Waals surface area contributed by atoms with Crippen molar-refractivity contribution in [1.82, 2.24) is 0 Å². The van der Waals surface area contributed by atoms with Gasteiger partial charge in [0.15, 0.2) is 5.78 Å². The van der Waals surface area contributed by atoms with Crippen LogP contribution in [0.2, 0.25) is 0 Å². The predicted molar refractivity (Wildman–Crippen MR) is 78.5 cm³/mol. The van der Waals surface area contributed by atoms with Crippen molar-refractivity contribution in [1.29, 1.82) is 0 Å². The lowest BCUT2D eigenvalue weighted by Gasteiger charge is -2.30. The molecule has 0 fully saturated rings. The van der Waals surface area contributed by atoms with Crippen LogP contribution in [0.25, 0.3) is 0 Å². The molecule has 1 rings (SSSR count). The Hall–Kier alpha value is -1.31. The van der Waals surface area contributed by atoms with Crippen LogP contribution in [0.1, 0.15) is 57.3 Å². The molecule has 0 N–H and O–H groups in total. The lowest BCUT2D eigenvalue weighted by molar-refractivity contribution is 0.101. The number of hydrogen-bond donors (Lipinski definition) is 0. The van der Waals surface area contributed by atoms with E-state index in [1.54, 1.807) is 6.92 Å². The molecule has 0 bridgehead atoms. The summed E-state index contributed by atoms with van der Waals surface area (Å²) >= 11 is 0. The summed E-state index contributed by atoms with van der Waals surface area (Å²) in [6.07, 6.45) is 3.65. The van der Waals surface area contributed by atoms with E-state index in [1.807, 2.05) is 18.2 Å². The van der Waals surface area contributed by atoms with Crippen molar-refractivity contribution in [2.45, 2.75) is 53.0 Å². The summed E-state index contributed by atoms with van der Waals surface area (Å²) in [5, 5.41) is 0. The summed E-state index contributed by atoms with van der Waals surface area (Å²) in [6, 6.07) is 8.35. The van der Waals surface area contributed by atoms with Crippen LogP contribution in [0.5, 0.6) is 0 Å². The third-order valence-electron chi connectivity index (χ3n) is 3.22. The van der Waals surface area contributed by atoms with Crippen LogP contribution in [0.4, 0.5) is 5.69 Å². The Kier molecular flexibility index (Phi) is 5.90. The topological polar surface area (TPSA) is 20.3 Å². The molecule has 2 nitrogen and oxygen atoms in total. The summed E-state index contributed by atoms with van der Waals surface area (Å²) in [7, 11) is 0. The first kappa shape index (κ1) is 14.7. The number of unbranched alkanes of at least 4 members (excludes halogenated alkanes) is 2. The van der Waals surface area contributed by atoms with Crippen LogP contribution >= 0.6 is 0 Å². The highest BCUT2D eigenvalue weighted by atomic mass is 16.1. The van der Waals surface area contributed by atoms with E-state index in [9.17, 15) is 4.79 Å². The fourth-order valence-electron chi connectivity index (χ4n) is 2.21. The molecular formula is C16H25NO. The molecule has 0 aliphatic heterocycles. The Morgan fingerprint density at radius 3 is 2.44 bits per heavy atom. The molecule has 1 aromatic rings. The molecule has 0 aliphatic rings. The standard InChI is InChI=1S/C16H25NO/c1-5-6-9-12-17(13(2)3)16-11-8-7-10-15(16)14(4)18/h7-8,10-11,13H,5-6,9,12H2,1-4H3. The maximum atomic E-state index is 11.7. The molecule has 0 radical (unpaired) electrons. The minimum absolute atomic E-state index is 0.145. The fraction of sp³-hybridized carbons (Fsp3) is 0.562. The molecule has 0 aliphatic carbocycles. The summed E-state index contributed by atoms with van der Waals surface area (Å²) in [6.45, 7) is 9.24. The van der Waals surface area contributed by atoms with Crippen molar-refractivity contribution in [2.75, 3.05) is 11.4 Å². The van der Waals surface area contributed by atoms with E-state index < -0.39 is 0 Å². The van der Waals surface area contributed by atoms with Crippen LogP contribution in [-0.2, 0) is 0 Å². The lowest BCUT2D eigenvalue weighted by Crippen LogP contribution is -2.32. The smallest absolute Gasteiger partial charge is 0.161 e. The van der Waals surface area contributed by atoms with Gasteiger partial charge in [0.05, 0.1) is 0 Å². The summed E-state index contributed by atoms with van der Waals surface area (Å²) in [5.74, 6) is 0.145. The zero-order valence-electron chi connectivity index (χ0n) is 12.1. The number of para-hydroxylation sites is 1. The van der Waals surface area contributed by atoms with E-state index in [4.69, 9.17) is 0 Å². The molecule has 0 saturated carbocycles. The number of ketones is 1. The first-order valence-electron chi connectivity index (χ1n) is 6.94. The molecule has 18 heavy (non-hydrogen) atoms. The normalized spacial score (nSPS) is 10.7. The largest absolute Gasteiger partial charge is 0.369 e. The van der Waals surface area contributed by atoms with Crippen molar-refractivity contribution < 1.29 is 4.79 Å². The second-order valence-electron chi connectivity index (χ2n) is 5.07. The van der Waals surface area contributed by atoms with Crippen molar-refractivity contribution in [3.05, 3.63) is 29.8 Å². The van der Waals surface area contributed by atoms with Gasteiger partial charge < -0.3 is 4.90 Å². The van der Waals surface area contributed by atoms with E-state index >= 15 is 0 Å². The Morgan fingerprint density at radius 1 is 1.22 bits per heavy atom. The highest BCUT2D eigenvalue weighted by Crippen LogP contribution is 2.23. The van der Waals surface area contributed by atoms with Gasteiger partial charge in [-0.1, -0.05) is 31.9 Å². The first-order chi connectivity index (χ1) is 8.57. The van der Waals surface area contributed by atoms with Gasteiger partial charge in [0.1, 0.15) is 0 Å². The van der Waals surface area contributed by atoms with Crippen molar-refractivity contribution in [3.8, 4) is 0 Å². The average molecular weight is 247 g/mol. The first-order valence-corrected chi connectivity index (χ1v) is 6.94. The van der Waals surface area contributed by atoms with Gasteiger partial charge in [-0.05, 0) is 39.3 Å². The van der Waals surface area contributed by atoms with Gasteiger partial charge in [0.2, 0.25) is 0 Å². The quantitative estimate of drug-likeness (QED) is 0.529. The number of hydrogen-bond acceptors (Lipinski definition) is 2. The number of carbonyl (C=O) groups excluding carboxylic acids is 1. The molecule has 100 valence electrons. The van der Waals surface area contributed by atoms with Crippen molar-refractivity contribution >= 4 is 11.5 Å². The number of anilines is 1. The highest BCUT2D eigenvalue weighted by Gasteiger charge is 2.15. The van der Waals surface area contributed by atoms with E-state index in [-0.39, 0.29) is 5.78 Å². The Labute approximate surface area is 111 Å². The van der Waals surface area contributed by atoms with E-state index in [0.29, 0.717) is 6.04 Å². The Morgan fingerprint density at radius 2 is 1.89 bits per heavy atom. The molecule has 0 heterocycles. The van der Waals surface area contributed by atoms with Gasteiger partial charge >= 0.3 is 0 Å². The fourth-order valence-corrected chi connectivity index (χ4v) is 2.21. The molecular weight excluding hydrogens is 222 g/mol. The van der Waals surface area contributed by atoms with Gasteiger partial charge in [-0.3, -0.25) is 4.79 Å². The summed E-state index contributed by atoms with van der Waals surface area (Å²) < 4.78 is 0. The maximum Gasteiger partial charge on any atom is 0.161 e. The number of rotatable bonds is 7. The molecule has 0 aromatic heterocycles. The molecule has 0 saturated heterocycles. The lowest BCUT2D eigenvalue weighted by atomic mass is 10.1. The minimum atomic E-state index is 0.145. The minimum Gasteiger partial charge on any atom is -0.369 e. The van der Waals surface area contributed by atoms with Crippen molar-refractivity contribution in [3.63, 3.8) is 0 Å². The SMILES string of the molecule is CCCCCN(c1ccccc1C(C)=O)C(C)C. The van der Waals surface area contributed by atoms with E-state index in [2.05, 4.69) is 31.7 Å². The second-order valence-corrected chi connectivity index (χ2v) is 5.07. The van der Waals surface area contributed by atoms with Crippen LogP contribution in [0, 0.1) is 0 Å². The van der Waals surface area contributed by atoms with Gasteiger partial charge in [0.25, 0.3) is 0 Å². The van der Waals surface area contributed by atoms with Crippen molar-refractivity contribution in [2.24, 2.45) is 0 Å². The van der Waals surface area contributed by atoms with Gasteiger partial charge in [0, 0.05) is 23.8 Å². The number of nitrogens with zero attached hydrogens (tertiary/aromatic N) is 1. The van der Waals surface area contributed by atoms with Gasteiger partial charge in [-0.2, -0.15) is 0 Å². The molecule has 0 unspecified atom stereocenters. The molecule has 0 amide bonds. The number of benzene rings is 1. The molecule has 0 atom stereocenters. The zero-order chi connectivity index (χ0) is 13.5. The van der Waals surface area contributed by atoms with Crippen LogP contribution in [0.15, 0.2) is 24.3 Å². The highest BCUT2D eigenvalue weighted by molar-refractivity contribution is 5.99.